The number of benzene rings is 3. The van der Waals surface area contributed by atoms with Gasteiger partial charge in [0.05, 0.1) is 17.0 Å². The molecule has 35 heavy (non-hydrogen) atoms. The zero-order valence-corrected chi connectivity index (χ0v) is 20.6. The number of nitrogens with zero attached hydrogens (tertiary/aromatic N) is 1. The first kappa shape index (κ1) is 23.0. The summed E-state index contributed by atoms with van der Waals surface area (Å²) in [6.07, 6.45) is 0. The summed E-state index contributed by atoms with van der Waals surface area (Å²) in [6, 6.07) is 17.2. The van der Waals surface area contributed by atoms with Crippen molar-refractivity contribution in [3.05, 3.63) is 116 Å². The topological polar surface area (TPSA) is 50.5 Å². The fraction of sp³-hybridized carbons (Fsp3) is 0.267. The molecule has 3 aromatic carbocycles. The van der Waals surface area contributed by atoms with Gasteiger partial charge in [-0.05, 0) is 71.3 Å². The highest BCUT2D eigenvalue weighted by atomic mass is 19.1. The normalized spacial score (nSPS) is 15.7. The monoisotopic (exact) mass is 469 g/mol. The molecule has 2 heterocycles. The van der Waals surface area contributed by atoms with Crippen LogP contribution in [0.15, 0.2) is 69.9 Å². The molecule has 5 heteroatoms. The molecule has 1 atom stereocenters. The maximum atomic E-state index is 13.8. The Hall–Kier alpha value is -3.73. The summed E-state index contributed by atoms with van der Waals surface area (Å²) < 4.78 is 19.6. The molecule has 1 aliphatic heterocycles. The molecule has 0 aliphatic carbocycles. The Labute approximate surface area is 204 Å². The summed E-state index contributed by atoms with van der Waals surface area (Å²) >= 11 is 0. The molecule has 1 unspecified atom stereocenters. The molecule has 0 bridgehead atoms. The van der Waals surface area contributed by atoms with Crippen molar-refractivity contribution in [1.82, 2.24) is 4.90 Å². The number of rotatable bonds is 3. The van der Waals surface area contributed by atoms with Crippen LogP contribution in [0, 0.1) is 19.7 Å². The van der Waals surface area contributed by atoms with E-state index in [4.69, 9.17) is 4.42 Å². The Morgan fingerprint density at radius 2 is 1.54 bits per heavy atom. The lowest BCUT2D eigenvalue weighted by Crippen LogP contribution is -2.29. The van der Waals surface area contributed by atoms with Gasteiger partial charge in [0, 0.05) is 6.54 Å². The molecule has 0 saturated carbocycles. The second-order valence-corrected chi connectivity index (χ2v) is 10.4. The lowest BCUT2D eigenvalue weighted by molar-refractivity contribution is 0.0714. The number of aryl methyl sites for hydroxylation is 2. The van der Waals surface area contributed by atoms with Crippen LogP contribution in [0.4, 0.5) is 4.39 Å². The molecule has 0 saturated heterocycles. The van der Waals surface area contributed by atoms with Gasteiger partial charge in [0.15, 0.2) is 5.43 Å². The summed E-state index contributed by atoms with van der Waals surface area (Å²) in [4.78, 5) is 29.1. The van der Waals surface area contributed by atoms with Crippen LogP contribution in [0.5, 0.6) is 0 Å². The second-order valence-electron chi connectivity index (χ2n) is 10.4. The average molecular weight is 470 g/mol. The fourth-order valence-electron chi connectivity index (χ4n) is 4.74. The van der Waals surface area contributed by atoms with E-state index >= 15 is 0 Å². The summed E-state index contributed by atoms with van der Waals surface area (Å²) in [5.74, 6) is -0.600. The molecule has 0 fully saturated rings. The third-order valence-electron chi connectivity index (χ3n) is 6.94. The summed E-state index contributed by atoms with van der Waals surface area (Å²) in [5, 5.41) is 0.472. The molecule has 4 aromatic rings. The molecule has 0 spiro atoms. The zero-order chi connectivity index (χ0) is 25.1. The van der Waals surface area contributed by atoms with Crippen molar-refractivity contribution < 1.29 is 13.6 Å². The van der Waals surface area contributed by atoms with Crippen LogP contribution in [0.2, 0.25) is 0 Å². The van der Waals surface area contributed by atoms with E-state index in [-0.39, 0.29) is 34.9 Å². The van der Waals surface area contributed by atoms with Gasteiger partial charge in [-0.25, -0.2) is 4.39 Å². The second kappa shape index (κ2) is 8.19. The Bertz CT molecular complexity index is 1510. The summed E-state index contributed by atoms with van der Waals surface area (Å²) in [6.45, 7) is 10.6. The quantitative estimate of drug-likeness (QED) is 0.340. The van der Waals surface area contributed by atoms with Gasteiger partial charge in [-0.2, -0.15) is 0 Å². The predicted molar refractivity (Wildman–Crippen MR) is 135 cm³/mol. The first-order valence-electron chi connectivity index (χ1n) is 11.8. The molecule has 0 radical (unpaired) electrons. The van der Waals surface area contributed by atoms with Crippen LogP contribution in [0.3, 0.4) is 0 Å². The Balaban J connectivity index is 1.71. The van der Waals surface area contributed by atoms with E-state index in [0.29, 0.717) is 16.5 Å². The number of halogens is 1. The van der Waals surface area contributed by atoms with Crippen molar-refractivity contribution >= 4 is 16.9 Å². The van der Waals surface area contributed by atoms with Gasteiger partial charge in [0.25, 0.3) is 5.91 Å². The van der Waals surface area contributed by atoms with Gasteiger partial charge in [-0.1, -0.05) is 57.2 Å². The van der Waals surface area contributed by atoms with E-state index in [0.717, 1.165) is 27.8 Å². The van der Waals surface area contributed by atoms with Crippen LogP contribution in [-0.4, -0.2) is 10.8 Å². The number of amides is 1. The van der Waals surface area contributed by atoms with Crippen molar-refractivity contribution in [2.24, 2.45) is 0 Å². The van der Waals surface area contributed by atoms with Gasteiger partial charge in [0.1, 0.15) is 11.4 Å². The first-order chi connectivity index (χ1) is 16.5. The number of hydrogen-bond acceptors (Lipinski definition) is 3. The molecule has 4 nitrogen and oxygen atoms in total. The highest BCUT2D eigenvalue weighted by Crippen LogP contribution is 2.40. The van der Waals surface area contributed by atoms with E-state index in [2.05, 4.69) is 20.8 Å². The Morgan fingerprint density at radius 3 is 2.17 bits per heavy atom. The summed E-state index contributed by atoms with van der Waals surface area (Å²) in [5.41, 5.74) is 5.30. The largest absolute Gasteiger partial charge is 0.450 e. The molecule has 5 rings (SSSR count). The SMILES string of the molecule is Cc1cc2oc3c(c(=O)c2cc1C)C(c1ccc(C(C)(C)C)cc1)N(Cc1ccc(F)cc1)C3=O. The molecular weight excluding hydrogens is 441 g/mol. The third kappa shape index (κ3) is 3.95. The van der Waals surface area contributed by atoms with Gasteiger partial charge >= 0.3 is 0 Å². The minimum atomic E-state index is -0.598. The van der Waals surface area contributed by atoms with Gasteiger partial charge < -0.3 is 9.32 Å². The van der Waals surface area contributed by atoms with E-state index in [1.807, 2.05) is 50.2 Å². The molecular formula is C30H28FNO3. The van der Waals surface area contributed by atoms with Crippen molar-refractivity contribution in [2.45, 2.75) is 52.6 Å². The lowest BCUT2D eigenvalue weighted by atomic mass is 9.86. The minimum absolute atomic E-state index is 0.0274. The van der Waals surface area contributed by atoms with Crippen LogP contribution in [0.25, 0.3) is 11.0 Å². The maximum absolute atomic E-state index is 13.8. The molecule has 1 aromatic heterocycles. The zero-order valence-electron chi connectivity index (χ0n) is 20.6. The predicted octanol–water partition coefficient (Wildman–Crippen LogP) is 6.59. The van der Waals surface area contributed by atoms with Crippen molar-refractivity contribution in [3.63, 3.8) is 0 Å². The molecule has 1 aliphatic rings. The number of carbonyl (C=O) groups excluding carboxylic acids is 1. The van der Waals surface area contributed by atoms with E-state index < -0.39 is 6.04 Å². The highest BCUT2D eigenvalue weighted by molar-refractivity contribution is 5.99. The Kier molecular flexibility index (Phi) is 5.39. The van der Waals surface area contributed by atoms with Crippen molar-refractivity contribution in [1.29, 1.82) is 0 Å². The van der Waals surface area contributed by atoms with Crippen molar-refractivity contribution in [3.8, 4) is 0 Å². The molecule has 0 N–H and O–H groups in total. The highest BCUT2D eigenvalue weighted by Gasteiger charge is 2.42. The summed E-state index contributed by atoms with van der Waals surface area (Å²) in [7, 11) is 0. The van der Waals surface area contributed by atoms with E-state index in [1.54, 1.807) is 17.0 Å². The van der Waals surface area contributed by atoms with Crippen molar-refractivity contribution in [2.75, 3.05) is 0 Å². The Morgan fingerprint density at radius 1 is 0.914 bits per heavy atom. The minimum Gasteiger partial charge on any atom is -0.450 e. The van der Waals surface area contributed by atoms with Gasteiger partial charge in [-0.3, -0.25) is 9.59 Å². The average Bonchev–Trinajstić information content (AvgIpc) is 3.08. The van der Waals surface area contributed by atoms with Crippen LogP contribution in [0.1, 0.15) is 70.7 Å². The van der Waals surface area contributed by atoms with Crippen LogP contribution in [-0.2, 0) is 12.0 Å². The number of fused-ring (bicyclic) bond motifs is 2. The number of carbonyl (C=O) groups is 1. The number of hydrogen-bond donors (Lipinski definition) is 0. The first-order valence-corrected chi connectivity index (χ1v) is 11.8. The van der Waals surface area contributed by atoms with Crippen LogP contribution >= 0.6 is 0 Å². The fourth-order valence-corrected chi connectivity index (χ4v) is 4.74. The molecule has 178 valence electrons. The van der Waals surface area contributed by atoms with Crippen LogP contribution < -0.4 is 5.43 Å². The molecule has 1 amide bonds. The van der Waals surface area contributed by atoms with E-state index in [1.165, 1.54) is 12.1 Å². The van der Waals surface area contributed by atoms with E-state index in [9.17, 15) is 14.0 Å². The maximum Gasteiger partial charge on any atom is 0.291 e. The van der Waals surface area contributed by atoms with Gasteiger partial charge in [0.2, 0.25) is 5.76 Å². The smallest absolute Gasteiger partial charge is 0.291 e. The standard InChI is InChI=1S/C30H28FNO3/c1-17-14-23-24(15-18(17)2)35-28-25(27(23)33)26(20-8-10-21(11-9-20)30(3,4)5)32(29(28)34)16-19-6-12-22(31)13-7-19/h6-15,26H,16H2,1-5H3. The van der Waals surface area contributed by atoms with Gasteiger partial charge in [-0.15, -0.1) is 0 Å². The third-order valence-corrected chi connectivity index (χ3v) is 6.94. The lowest BCUT2D eigenvalue weighted by Gasteiger charge is -2.26.